The highest BCUT2D eigenvalue weighted by atomic mass is 35.5. The summed E-state index contributed by atoms with van der Waals surface area (Å²) in [5.41, 5.74) is 0. The second-order valence-corrected chi connectivity index (χ2v) is 4.82. The first-order chi connectivity index (χ1) is 8.57. The summed E-state index contributed by atoms with van der Waals surface area (Å²) in [6, 6.07) is 9.44. The molecular formula is C15H23ClO2. The first-order valence-electron chi connectivity index (χ1n) is 6.51. The summed E-state index contributed by atoms with van der Waals surface area (Å²) < 4.78 is 0. The Kier molecular flexibility index (Phi) is 10.5. The standard InChI is InChI=1S/C9H18O2.C6H5Cl/c1-3-4-5-6-7-8(2)9(10)11;7-6-4-2-1-3-5-6/h8H,3-7H2,1-2H3,(H,10,11);1-5H. The molecule has 1 atom stereocenters. The third-order valence-corrected chi connectivity index (χ3v) is 2.90. The van der Waals surface area contributed by atoms with Crippen molar-refractivity contribution >= 4 is 17.6 Å². The van der Waals surface area contributed by atoms with Crippen LogP contribution in [-0.2, 0) is 4.79 Å². The van der Waals surface area contributed by atoms with Gasteiger partial charge in [-0.15, -0.1) is 0 Å². The van der Waals surface area contributed by atoms with Crippen molar-refractivity contribution in [1.29, 1.82) is 0 Å². The molecule has 0 saturated heterocycles. The van der Waals surface area contributed by atoms with Crippen molar-refractivity contribution in [2.45, 2.75) is 46.0 Å². The lowest BCUT2D eigenvalue weighted by Crippen LogP contribution is -2.08. The number of carbonyl (C=O) groups is 1. The number of carboxylic acid groups (broad SMARTS) is 1. The molecule has 102 valence electrons. The van der Waals surface area contributed by atoms with Crippen LogP contribution in [0.3, 0.4) is 0 Å². The third-order valence-electron chi connectivity index (χ3n) is 2.65. The van der Waals surface area contributed by atoms with E-state index in [0.717, 1.165) is 17.9 Å². The highest BCUT2D eigenvalue weighted by Gasteiger charge is 2.08. The number of aliphatic carboxylic acids is 1. The fourth-order valence-electron chi connectivity index (χ4n) is 1.42. The zero-order valence-corrected chi connectivity index (χ0v) is 12.0. The molecule has 1 N–H and O–H groups in total. The number of unbranched alkanes of at least 4 members (excludes halogenated alkanes) is 3. The van der Waals surface area contributed by atoms with Crippen molar-refractivity contribution < 1.29 is 9.90 Å². The second kappa shape index (κ2) is 11.1. The minimum atomic E-state index is -0.665. The quantitative estimate of drug-likeness (QED) is 0.737. The average molecular weight is 271 g/mol. The Hall–Kier alpha value is -1.02. The zero-order valence-electron chi connectivity index (χ0n) is 11.2. The van der Waals surface area contributed by atoms with E-state index in [1.165, 1.54) is 19.3 Å². The maximum absolute atomic E-state index is 10.4. The van der Waals surface area contributed by atoms with Crippen molar-refractivity contribution in [1.82, 2.24) is 0 Å². The van der Waals surface area contributed by atoms with Crippen LogP contribution in [0.15, 0.2) is 30.3 Å². The second-order valence-electron chi connectivity index (χ2n) is 4.38. The highest BCUT2D eigenvalue weighted by Crippen LogP contribution is 2.09. The molecule has 3 heteroatoms. The summed E-state index contributed by atoms with van der Waals surface area (Å²) >= 11 is 5.54. The van der Waals surface area contributed by atoms with Crippen molar-refractivity contribution in [3.63, 3.8) is 0 Å². The van der Waals surface area contributed by atoms with Gasteiger partial charge in [-0.1, -0.05) is 69.3 Å². The molecule has 1 unspecified atom stereocenters. The van der Waals surface area contributed by atoms with Crippen LogP contribution < -0.4 is 0 Å². The van der Waals surface area contributed by atoms with E-state index in [4.69, 9.17) is 16.7 Å². The Morgan fingerprint density at radius 3 is 2.22 bits per heavy atom. The summed E-state index contributed by atoms with van der Waals surface area (Å²) in [5, 5.41) is 9.33. The summed E-state index contributed by atoms with van der Waals surface area (Å²) in [6.45, 7) is 3.93. The molecule has 1 aromatic rings. The summed E-state index contributed by atoms with van der Waals surface area (Å²) in [7, 11) is 0. The molecule has 0 aliphatic heterocycles. The van der Waals surface area contributed by atoms with Crippen LogP contribution in [-0.4, -0.2) is 11.1 Å². The Labute approximate surface area is 115 Å². The first kappa shape index (κ1) is 17.0. The van der Waals surface area contributed by atoms with Gasteiger partial charge in [0.15, 0.2) is 0 Å². The fourth-order valence-corrected chi connectivity index (χ4v) is 1.56. The minimum Gasteiger partial charge on any atom is -0.481 e. The van der Waals surface area contributed by atoms with Gasteiger partial charge in [0.2, 0.25) is 0 Å². The largest absolute Gasteiger partial charge is 0.481 e. The fraction of sp³-hybridized carbons (Fsp3) is 0.533. The van der Waals surface area contributed by atoms with Crippen molar-refractivity contribution in [3.8, 4) is 0 Å². The highest BCUT2D eigenvalue weighted by molar-refractivity contribution is 6.30. The van der Waals surface area contributed by atoms with Gasteiger partial charge in [-0.3, -0.25) is 4.79 Å². The number of hydrogen-bond donors (Lipinski definition) is 1. The van der Waals surface area contributed by atoms with Gasteiger partial charge in [0, 0.05) is 5.02 Å². The predicted octanol–water partition coefficient (Wildman–Crippen LogP) is 5.02. The van der Waals surface area contributed by atoms with Gasteiger partial charge < -0.3 is 5.11 Å². The molecule has 1 aromatic carbocycles. The zero-order chi connectivity index (χ0) is 13.8. The van der Waals surface area contributed by atoms with Crippen molar-refractivity contribution in [2.24, 2.45) is 5.92 Å². The minimum absolute atomic E-state index is 0.160. The Morgan fingerprint density at radius 1 is 1.22 bits per heavy atom. The van der Waals surface area contributed by atoms with Gasteiger partial charge >= 0.3 is 5.97 Å². The predicted molar refractivity (Wildman–Crippen MR) is 77.0 cm³/mol. The average Bonchev–Trinajstić information content (AvgIpc) is 2.36. The normalized spacial score (nSPS) is 11.3. The molecule has 2 nitrogen and oxygen atoms in total. The topological polar surface area (TPSA) is 37.3 Å². The van der Waals surface area contributed by atoms with Gasteiger partial charge in [-0.2, -0.15) is 0 Å². The molecule has 0 amide bonds. The van der Waals surface area contributed by atoms with Crippen LogP contribution in [0, 0.1) is 5.92 Å². The molecule has 0 bridgehead atoms. The molecule has 1 rings (SSSR count). The molecule has 0 fully saturated rings. The summed E-state index contributed by atoms with van der Waals surface area (Å²) in [6.07, 6.45) is 5.50. The van der Waals surface area contributed by atoms with Gasteiger partial charge in [0.05, 0.1) is 5.92 Å². The van der Waals surface area contributed by atoms with Gasteiger partial charge in [-0.05, 0) is 18.6 Å². The van der Waals surface area contributed by atoms with E-state index in [2.05, 4.69) is 6.92 Å². The van der Waals surface area contributed by atoms with Crippen molar-refractivity contribution in [3.05, 3.63) is 35.4 Å². The van der Waals surface area contributed by atoms with E-state index < -0.39 is 5.97 Å². The van der Waals surface area contributed by atoms with Gasteiger partial charge in [0.1, 0.15) is 0 Å². The lowest BCUT2D eigenvalue weighted by molar-refractivity contribution is -0.141. The van der Waals surface area contributed by atoms with Gasteiger partial charge in [0.25, 0.3) is 0 Å². The Morgan fingerprint density at radius 2 is 1.83 bits per heavy atom. The molecule has 18 heavy (non-hydrogen) atoms. The summed E-state index contributed by atoms with van der Waals surface area (Å²) in [5.74, 6) is -0.826. The van der Waals surface area contributed by atoms with Crippen LogP contribution in [0.25, 0.3) is 0 Å². The number of rotatable bonds is 6. The lowest BCUT2D eigenvalue weighted by atomic mass is 10.0. The summed E-state index contributed by atoms with van der Waals surface area (Å²) in [4.78, 5) is 10.4. The van der Waals surface area contributed by atoms with E-state index in [1.807, 2.05) is 30.3 Å². The molecular weight excluding hydrogens is 248 g/mol. The van der Waals surface area contributed by atoms with E-state index in [0.29, 0.717) is 0 Å². The Balaban J connectivity index is 0.000000351. The SMILES string of the molecule is CCCCCCC(C)C(=O)O.Clc1ccccc1. The molecule has 0 spiro atoms. The van der Waals surface area contributed by atoms with Gasteiger partial charge in [-0.25, -0.2) is 0 Å². The Bertz CT molecular complexity index is 312. The molecule has 0 heterocycles. The van der Waals surface area contributed by atoms with E-state index in [9.17, 15) is 4.79 Å². The molecule has 0 aromatic heterocycles. The van der Waals surface area contributed by atoms with Crippen molar-refractivity contribution in [2.75, 3.05) is 0 Å². The smallest absolute Gasteiger partial charge is 0.306 e. The third kappa shape index (κ3) is 10.2. The number of halogens is 1. The molecule has 0 aliphatic rings. The van der Waals surface area contributed by atoms with E-state index >= 15 is 0 Å². The maximum atomic E-state index is 10.4. The lowest BCUT2D eigenvalue weighted by Gasteiger charge is -2.04. The van der Waals surface area contributed by atoms with Crippen LogP contribution in [0.5, 0.6) is 0 Å². The number of hydrogen-bond acceptors (Lipinski definition) is 1. The van der Waals surface area contributed by atoms with Crippen LogP contribution in [0.2, 0.25) is 5.02 Å². The molecule has 0 aliphatic carbocycles. The van der Waals surface area contributed by atoms with E-state index in [1.54, 1.807) is 6.92 Å². The first-order valence-corrected chi connectivity index (χ1v) is 6.89. The van der Waals surface area contributed by atoms with Crippen LogP contribution in [0.4, 0.5) is 0 Å². The van der Waals surface area contributed by atoms with Crippen LogP contribution >= 0.6 is 11.6 Å². The maximum Gasteiger partial charge on any atom is 0.306 e. The molecule has 0 saturated carbocycles. The number of carboxylic acids is 1. The van der Waals surface area contributed by atoms with E-state index in [-0.39, 0.29) is 5.92 Å². The molecule has 0 radical (unpaired) electrons. The monoisotopic (exact) mass is 270 g/mol. The number of benzene rings is 1. The van der Waals surface area contributed by atoms with Crippen LogP contribution in [0.1, 0.15) is 46.0 Å².